The number of hydrogen-bond donors (Lipinski definition) is 0. The number of anilines is 9. The SMILES string of the molecule is CC1Cc2cc(N(c3ccccc3)c3ccccc3)ccc2N(c2ccc(-c3nc(-c4ccccc4)nc(-c4ccccc4)n3)cc2)c2ccc(N(c3ccccc3)c3ccccc3)cc21. The molecule has 0 N–H and O–H groups in total. The van der Waals surface area contributed by atoms with Gasteiger partial charge in [0.1, 0.15) is 0 Å². The molecule has 1 aliphatic heterocycles. The third-order valence-electron chi connectivity index (χ3n) is 12.3. The minimum Gasteiger partial charge on any atom is -0.310 e. The van der Waals surface area contributed by atoms with E-state index in [0.717, 1.165) is 74.3 Å². The standard InChI is InChI=1S/C60H46N6/c1-43-40-47-41-53(64(48-24-12-4-13-25-48)49-26-14-5-15-27-49)36-38-56(47)66(57-39-37-54(42-55(43)57)65(50-28-16-6-17-29-50)51-30-18-7-19-31-51)52-34-32-46(33-35-52)60-62-58(44-20-8-2-9-21-44)61-59(63-60)45-22-10-3-11-23-45/h2-39,41-43H,40H2,1H3. The van der Waals surface area contributed by atoms with Crippen LogP contribution < -0.4 is 14.7 Å². The molecule has 0 bridgehead atoms. The Kier molecular flexibility index (Phi) is 10.9. The molecule has 66 heavy (non-hydrogen) atoms. The van der Waals surface area contributed by atoms with Gasteiger partial charge in [-0.15, -0.1) is 0 Å². The quantitative estimate of drug-likeness (QED) is 0.137. The van der Waals surface area contributed by atoms with Gasteiger partial charge >= 0.3 is 0 Å². The van der Waals surface area contributed by atoms with Crippen LogP contribution in [-0.2, 0) is 6.42 Å². The van der Waals surface area contributed by atoms with Gasteiger partial charge in [0.05, 0.1) is 0 Å². The van der Waals surface area contributed by atoms with Crippen LogP contribution in [-0.4, -0.2) is 15.0 Å². The first-order valence-electron chi connectivity index (χ1n) is 22.5. The zero-order chi connectivity index (χ0) is 44.2. The van der Waals surface area contributed by atoms with Crippen molar-refractivity contribution < 1.29 is 0 Å². The van der Waals surface area contributed by atoms with E-state index in [4.69, 9.17) is 15.0 Å². The van der Waals surface area contributed by atoms with E-state index in [1.807, 2.05) is 60.7 Å². The first kappa shape index (κ1) is 40.2. The van der Waals surface area contributed by atoms with Crippen LogP contribution in [0, 0.1) is 0 Å². The van der Waals surface area contributed by atoms with Crippen LogP contribution in [0.3, 0.4) is 0 Å². The molecule has 0 radical (unpaired) electrons. The largest absolute Gasteiger partial charge is 0.310 e. The molecule has 9 aromatic carbocycles. The Morgan fingerprint density at radius 1 is 0.364 bits per heavy atom. The van der Waals surface area contributed by atoms with Crippen LogP contribution in [0.4, 0.5) is 51.2 Å². The van der Waals surface area contributed by atoms with Crippen molar-refractivity contribution in [3.63, 3.8) is 0 Å². The molecule has 1 aromatic heterocycles. The third-order valence-corrected chi connectivity index (χ3v) is 12.3. The Hall–Kier alpha value is -8.61. The van der Waals surface area contributed by atoms with E-state index in [9.17, 15) is 0 Å². The van der Waals surface area contributed by atoms with Crippen LogP contribution in [0.5, 0.6) is 0 Å². The topological polar surface area (TPSA) is 48.4 Å². The number of nitrogens with zero attached hydrogens (tertiary/aromatic N) is 6. The first-order chi connectivity index (χ1) is 32.6. The van der Waals surface area contributed by atoms with Gasteiger partial charge < -0.3 is 14.7 Å². The highest BCUT2D eigenvalue weighted by atomic mass is 15.2. The fourth-order valence-corrected chi connectivity index (χ4v) is 9.12. The summed E-state index contributed by atoms with van der Waals surface area (Å²) in [6.07, 6.45) is 0.845. The van der Waals surface area contributed by atoms with Crippen molar-refractivity contribution in [1.29, 1.82) is 0 Å². The molecule has 0 amide bonds. The lowest BCUT2D eigenvalue weighted by molar-refractivity contribution is 0.769. The zero-order valence-corrected chi connectivity index (χ0v) is 36.6. The molecule has 0 aliphatic carbocycles. The lowest BCUT2D eigenvalue weighted by Crippen LogP contribution is -2.14. The van der Waals surface area contributed by atoms with Crippen molar-refractivity contribution in [2.75, 3.05) is 14.7 Å². The van der Waals surface area contributed by atoms with E-state index >= 15 is 0 Å². The summed E-state index contributed by atoms with van der Waals surface area (Å²) in [7, 11) is 0. The van der Waals surface area contributed by atoms with E-state index in [1.54, 1.807) is 0 Å². The predicted octanol–water partition coefficient (Wildman–Crippen LogP) is 15.9. The number of benzene rings is 9. The zero-order valence-electron chi connectivity index (χ0n) is 36.6. The molecule has 1 aliphatic rings. The highest BCUT2D eigenvalue weighted by Crippen LogP contribution is 2.49. The highest BCUT2D eigenvalue weighted by Gasteiger charge is 2.29. The smallest absolute Gasteiger partial charge is 0.164 e. The summed E-state index contributed by atoms with van der Waals surface area (Å²) in [5, 5.41) is 0. The van der Waals surface area contributed by atoms with Gasteiger partial charge in [0.15, 0.2) is 17.5 Å². The van der Waals surface area contributed by atoms with Crippen LogP contribution in [0.25, 0.3) is 34.2 Å². The Balaban J connectivity index is 1.06. The number of para-hydroxylation sites is 4. The van der Waals surface area contributed by atoms with Gasteiger partial charge in [0, 0.05) is 67.9 Å². The second-order valence-corrected chi connectivity index (χ2v) is 16.6. The van der Waals surface area contributed by atoms with E-state index in [1.165, 1.54) is 11.1 Å². The van der Waals surface area contributed by atoms with Crippen molar-refractivity contribution in [3.05, 3.63) is 254 Å². The normalized spacial score (nSPS) is 13.0. The Morgan fingerprint density at radius 2 is 0.727 bits per heavy atom. The van der Waals surface area contributed by atoms with Crippen molar-refractivity contribution in [2.45, 2.75) is 19.3 Å². The minimum absolute atomic E-state index is 0.187. The van der Waals surface area contributed by atoms with Crippen molar-refractivity contribution >= 4 is 51.2 Å². The molecule has 1 unspecified atom stereocenters. The van der Waals surface area contributed by atoms with E-state index < -0.39 is 0 Å². The molecule has 11 rings (SSSR count). The number of fused-ring (bicyclic) bond motifs is 2. The van der Waals surface area contributed by atoms with Crippen molar-refractivity contribution in [3.8, 4) is 34.2 Å². The molecule has 6 nitrogen and oxygen atoms in total. The third kappa shape index (κ3) is 7.97. The van der Waals surface area contributed by atoms with Gasteiger partial charge in [0.25, 0.3) is 0 Å². The van der Waals surface area contributed by atoms with Gasteiger partial charge in [0.2, 0.25) is 0 Å². The van der Waals surface area contributed by atoms with E-state index in [2.05, 4.69) is 204 Å². The molecule has 0 fully saturated rings. The van der Waals surface area contributed by atoms with E-state index in [0.29, 0.717) is 17.5 Å². The van der Waals surface area contributed by atoms with Crippen molar-refractivity contribution in [2.24, 2.45) is 0 Å². The maximum atomic E-state index is 5.05. The van der Waals surface area contributed by atoms with Crippen LogP contribution >= 0.6 is 0 Å². The summed E-state index contributed by atoms with van der Waals surface area (Å²) < 4.78 is 0. The lowest BCUT2D eigenvalue weighted by atomic mass is 9.92. The molecule has 0 spiro atoms. The first-order valence-corrected chi connectivity index (χ1v) is 22.5. The van der Waals surface area contributed by atoms with Crippen molar-refractivity contribution in [1.82, 2.24) is 15.0 Å². The monoisotopic (exact) mass is 850 g/mol. The maximum absolute atomic E-state index is 5.05. The fourth-order valence-electron chi connectivity index (χ4n) is 9.12. The molecule has 2 heterocycles. The Labute approximate surface area is 386 Å². The molecular weight excluding hydrogens is 805 g/mol. The fraction of sp³-hybridized carbons (Fsp3) is 0.0500. The van der Waals surface area contributed by atoms with Crippen LogP contribution in [0.2, 0.25) is 0 Å². The van der Waals surface area contributed by atoms with E-state index in [-0.39, 0.29) is 5.92 Å². The van der Waals surface area contributed by atoms with Gasteiger partial charge in [-0.3, -0.25) is 0 Å². The second kappa shape index (κ2) is 17.9. The van der Waals surface area contributed by atoms with Gasteiger partial charge in [-0.05, 0) is 133 Å². The average molecular weight is 851 g/mol. The molecule has 316 valence electrons. The summed E-state index contributed by atoms with van der Waals surface area (Å²) in [6.45, 7) is 2.36. The maximum Gasteiger partial charge on any atom is 0.164 e. The molecular formula is C60H46N6. The van der Waals surface area contributed by atoms with Gasteiger partial charge in [-0.25, -0.2) is 15.0 Å². The molecule has 0 saturated carbocycles. The van der Waals surface area contributed by atoms with Gasteiger partial charge in [-0.1, -0.05) is 140 Å². The molecule has 0 saturated heterocycles. The lowest BCUT2D eigenvalue weighted by Gasteiger charge is -2.31. The summed E-state index contributed by atoms with van der Waals surface area (Å²) in [6, 6.07) is 85.4. The second-order valence-electron chi connectivity index (χ2n) is 16.6. The average Bonchev–Trinajstić information content (AvgIpc) is 3.51. The molecule has 1 atom stereocenters. The number of hydrogen-bond acceptors (Lipinski definition) is 6. The summed E-state index contributed by atoms with van der Waals surface area (Å²) >= 11 is 0. The number of rotatable bonds is 10. The Bertz CT molecular complexity index is 3090. The predicted molar refractivity (Wildman–Crippen MR) is 272 cm³/mol. The molecule has 10 aromatic rings. The number of aromatic nitrogens is 3. The summed E-state index contributed by atoms with van der Waals surface area (Å²) in [4.78, 5) is 22.2. The minimum atomic E-state index is 0.187. The Morgan fingerprint density at radius 3 is 1.15 bits per heavy atom. The van der Waals surface area contributed by atoms with Gasteiger partial charge in [-0.2, -0.15) is 0 Å². The summed E-state index contributed by atoms with van der Waals surface area (Å²) in [5.74, 6) is 2.09. The summed E-state index contributed by atoms with van der Waals surface area (Å²) in [5.41, 5.74) is 15.3. The highest BCUT2D eigenvalue weighted by molar-refractivity contribution is 5.88. The molecule has 6 heteroatoms. The van der Waals surface area contributed by atoms with Crippen LogP contribution in [0.15, 0.2) is 243 Å². The van der Waals surface area contributed by atoms with Crippen LogP contribution in [0.1, 0.15) is 24.0 Å².